The second-order valence-corrected chi connectivity index (χ2v) is 4.90. The van der Waals surface area contributed by atoms with Gasteiger partial charge in [0, 0.05) is 12.5 Å². The third-order valence-corrected chi connectivity index (χ3v) is 3.51. The van der Waals surface area contributed by atoms with Crippen molar-refractivity contribution in [1.82, 2.24) is 0 Å². The average molecular weight is 248 g/mol. The summed E-state index contributed by atoms with van der Waals surface area (Å²) in [7, 11) is 0. The quantitative estimate of drug-likeness (QED) is 0.592. The van der Waals surface area contributed by atoms with Gasteiger partial charge in [0.25, 0.3) is 6.47 Å². The van der Waals surface area contributed by atoms with Crippen LogP contribution in [-0.2, 0) is 20.1 Å². The van der Waals surface area contributed by atoms with E-state index in [1.807, 2.05) is 37.3 Å². The minimum atomic E-state index is -0.967. The molecule has 1 aliphatic carbocycles. The number of carbonyl (C=O) groups is 1. The van der Waals surface area contributed by atoms with Crippen molar-refractivity contribution < 1.29 is 14.3 Å². The van der Waals surface area contributed by atoms with Crippen molar-refractivity contribution in [3.8, 4) is 0 Å². The Bertz CT molecular complexity index is 371. The Morgan fingerprint density at radius 1 is 1.17 bits per heavy atom. The standard InChI is InChI=1S/C15H20O3/c1-15(17-12-16,13-8-4-2-5-9-13)18-14-10-6-3-7-11-14/h2,4-5,8-9,12,14H,3,6-7,10-11H2,1H3. The second kappa shape index (κ2) is 6.01. The summed E-state index contributed by atoms with van der Waals surface area (Å²) in [5, 5.41) is 0. The average Bonchev–Trinajstić information content (AvgIpc) is 2.41. The molecule has 1 fully saturated rings. The summed E-state index contributed by atoms with van der Waals surface area (Å²) in [5.74, 6) is -0.967. The third-order valence-electron chi connectivity index (χ3n) is 3.51. The minimum absolute atomic E-state index is 0.184. The lowest BCUT2D eigenvalue weighted by Gasteiger charge is -2.34. The van der Waals surface area contributed by atoms with Gasteiger partial charge in [-0.15, -0.1) is 0 Å². The minimum Gasteiger partial charge on any atom is -0.431 e. The van der Waals surface area contributed by atoms with E-state index in [9.17, 15) is 4.79 Å². The fraction of sp³-hybridized carbons (Fsp3) is 0.533. The molecule has 0 saturated heterocycles. The van der Waals surface area contributed by atoms with Crippen molar-refractivity contribution in [2.45, 2.75) is 50.9 Å². The lowest BCUT2D eigenvalue weighted by atomic mass is 9.97. The van der Waals surface area contributed by atoms with Crippen molar-refractivity contribution in [3.05, 3.63) is 35.9 Å². The summed E-state index contributed by atoms with van der Waals surface area (Å²) in [4.78, 5) is 10.7. The van der Waals surface area contributed by atoms with Gasteiger partial charge >= 0.3 is 0 Å². The van der Waals surface area contributed by atoms with Crippen molar-refractivity contribution in [2.24, 2.45) is 0 Å². The van der Waals surface area contributed by atoms with Crippen LogP contribution in [-0.4, -0.2) is 12.6 Å². The van der Waals surface area contributed by atoms with E-state index < -0.39 is 5.79 Å². The van der Waals surface area contributed by atoms with Crippen LogP contribution in [0.15, 0.2) is 30.3 Å². The predicted octanol–water partition coefficient (Wildman–Crippen LogP) is 3.38. The Kier molecular flexibility index (Phi) is 4.37. The van der Waals surface area contributed by atoms with Crippen LogP contribution in [0.5, 0.6) is 0 Å². The van der Waals surface area contributed by atoms with E-state index in [1.54, 1.807) is 0 Å². The fourth-order valence-corrected chi connectivity index (χ4v) is 2.50. The van der Waals surface area contributed by atoms with Crippen LogP contribution >= 0.6 is 0 Å². The van der Waals surface area contributed by atoms with Gasteiger partial charge in [-0.1, -0.05) is 49.6 Å². The third kappa shape index (κ3) is 3.10. The molecule has 3 nitrogen and oxygen atoms in total. The highest BCUT2D eigenvalue weighted by molar-refractivity contribution is 5.39. The van der Waals surface area contributed by atoms with E-state index in [0.29, 0.717) is 6.47 Å². The number of benzene rings is 1. The monoisotopic (exact) mass is 248 g/mol. The van der Waals surface area contributed by atoms with Crippen LogP contribution < -0.4 is 0 Å². The summed E-state index contributed by atoms with van der Waals surface area (Å²) in [6.45, 7) is 2.28. The molecule has 1 unspecified atom stereocenters. The first-order valence-corrected chi connectivity index (χ1v) is 6.59. The summed E-state index contributed by atoms with van der Waals surface area (Å²) in [5.41, 5.74) is 0.877. The van der Waals surface area contributed by atoms with Gasteiger partial charge in [-0.25, -0.2) is 0 Å². The van der Waals surface area contributed by atoms with E-state index in [4.69, 9.17) is 9.47 Å². The van der Waals surface area contributed by atoms with Gasteiger partial charge in [-0.3, -0.25) is 4.79 Å². The van der Waals surface area contributed by atoms with Crippen molar-refractivity contribution >= 4 is 6.47 Å². The Hall–Kier alpha value is -1.35. The molecule has 0 heterocycles. The zero-order valence-electron chi connectivity index (χ0n) is 10.8. The van der Waals surface area contributed by atoms with Gasteiger partial charge in [-0.05, 0) is 12.8 Å². The second-order valence-electron chi connectivity index (χ2n) is 4.90. The molecule has 0 bridgehead atoms. The molecule has 1 saturated carbocycles. The summed E-state index contributed by atoms with van der Waals surface area (Å²) in [6, 6.07) is 9.63. The van der Waals surface area contributed by atoms with Crippen LogP contribution in [0.1, 0.15) is 44.6 Å². The molecule has 0 amide bonds. The molecule has 3 heteroatoms. The first kappa shape index (κ1) is 13.1. The molecule has 98 valence electrons. The Balaban J connectivity index is 2.12. The van der Waals surface area contributed by atoms with E-state index in [2.05, 4.69) is 0 Å². The lowest BCUT2D eigenvalue weighted by molar-refractivity contribution is -0.243. The van der Waals surface area contributed by atoms with Crippen LogP contribution in [0.2, 0.25) is 0 Å². The Morgan fingerprint density at radius 3 is 2.44 bits per heavy atom. The number of hydrogen-bond acceptors (Lipinski definition) is 3. The highest BCUT2D eigenvalue weighted by Crippen LogP contribution is 2.32. The molecular formula is C15H20O3. The first-order valence-electron chi connectivity index (χ1n) is 6.59. The molecule has 1 atom stereocenters. The maximum absolute atomic E-state index is 10.7. The summed E-state index contributed by atoms with van der Waals surface area (Å²) < 4.78 is 11.3. The topological polar surface area (TPSA) is 35.5 Å². The van der Waals surface area contributed by atoms with Crippen LogP contribution in [0.3, 0.4) is 0 Å². The molecule has 0 aromatic heterocycles. The molecule has 0 N–H and O–H groups in total. The zero-order chi connectivity index (χ0) is 12.8. The Labute approximate surface area is 108 Å². The van der Waals surface area contributed by atoms with Gasteiger partial charge in [0.2, 0.25) is 5.79 Å². The zero-order valence-corrected chi connectivity index (χ0v) is 10.8. The highest BCUT2D eigenvalue weighted by Gasteiger charge is 2.33. The van der Waals surface area contributed by atoms with E-state index in [1.165, 1.54) is 19.3 Å². The van der Waals surface area contributed by atoms with Crippen molar-refractivity contribution in [3.63, 3.8) is 0 Å². The Morgan fingerprint density at radius 2 is 1.83 bits per heavy atom. The molecule has 0 radical (unpaired) electrons. The first-order chi connectivity index (χ1) is 8.74. The maximum Gasteiger partial charge on any atom is 0.295 e. The number of ether oxygens (including phenoxy) is 2. The number of carbonyl (C=O) groups excluding carboxylic acids is 1. The molecule has 18 heavy (non-hydrogen) atoms. The van der Waals surface area contributed by atoms with Gasteiger partial charge in [-0.2, -0.15) is 0 Å². The molecule has 1 aromatic carbocycles. The number of hydrogen-bond donors (Lipinski definition) is 0. The smallest absolute Gasteiger partial charge is 0.295 e. The van der Waals surface area contributed by atoms with Gasteiger partial charge in [0.15, 0.2) is 0 Å². The van der Waals surface area contributed by atoms with Crippen molar-refractivity contribution in [2.75, 3.05) is 0 Å². The predicted molar refractivity (Wildman–Crippen MR) is 68.9 cm³/mol. The molecular weight excluding hydrogens is 228 g/mol. The molecule has 0 aliphatic heterocycles. The molecule has 1 aliphatic rings. The highest BCUT2D eigenvalue weighted by atomic mass is 16.7. The fourth-order valence-electron chi connectivity index (χ4n) is 2.50. The van der Waals surface area contributed by atoms with Crippen molar-refractivity contribution in [1.29, 1.82) is 0 Å². The largest absolute Gasteiger partial charge is 0.431 e. The summed E-state index contributed by atoms with van der Waals surface area (Å²) >= 11 is 0. The van der Waals surface area contributed by atoms with Crippen LogP contribution in [0.25, 0.3) is 0 Å². The maximum atomic E-state index is 10.7. The molecule has 2 rings (SSSR count). The van der Waals surface area contributed by atoms with Gasteiger partial charge < -0.3 is 9.47 Å². The molecule has 1 aromatic rings. The molecule has 0 spiro atoms. The lowest BCUT2D eigenvalue weighted by Crippen LogP contribution is -2.35. The normalized spacial score (nSPS) is 20.1. The van der Waals surface area contributed by atoms with Gasteiger partial charge in [0.05, 0.1) is 6.10 Å². The number of rotatable bonds is 5. The van der Waals surface area contributed by atoms with Gasteiger partial charge in [0.1, 0.15) is 0 Å². The SMILES string of the molecule is CC(OC=O)(OC1CCCCC1)c1ccccc1. The summed E-state index contributed by atoms with van der Waals surface area (Å²) in [6.07, 6.45) is 5.93. The van der Waals surface area contributed by atoms with E-state index in [0.717, 1.165) is 18.4 Å². The van der Waals surface area contributed by atoms with E-state index >= 15 is 0 Å². The van der Waals surface area contributed by atoms with E-state index in [-0.39, 0.29) is 6.10 Å². The van der Waals surface area contributed by atoms with Crippen LogP contribution in [0.4, 0.5) is 0 Å². The van der Waals surface area contributed by atoms with Crippen LogP contribution in [0, 0.1) is 0 Å².